The van der Waals surface area contributed by atoms with Crippen LogP contribution in [0.25, 0.3) is 21.8 Å². The molecule has 182 valence electrons. The molecule has 0 bridgehead atoms. The van der Waals surface area contributed by atoms with E-state index in [0.717, 1.165) is 5.56 Å². The van der Waals surface area contributed by atoms with Gasteiger partial charge >= 0.3 is 12.1 Å². The van der Waals surface area contributed by atoms with Gasteiger partial charge in [-0.05, 0) is 50.1 Å². The van der Waals surface area contributed by atoms with Crippen LogP contribution in [-0.4, -0.2) is 46.3 Å². The number of esters is 1. The first kappa shape index (κ1) is 23.9. The van der Waals surface area contributed by atoms with Gasteiger partial charge in [0, 0.05) is 0 Å². The van der Waals surface area contributed by atoms with Gasteiger partial charge in [-0.15, -0.1) is 0 Å². The lowest BCUT2D eigenvalue weighted by Gasteiger charge is -2.14. The molecule has 0 amide bonds. The van der Waals surface area contributed by atoms with E-state index in [1.807, 2.05) is 0 Å². The van der Waals surface area contributed by atoms with E-state index in [0.29, 0.717) is 39.2 Å². The number of ether oxygens (including phenoxy) is 3. The van der Waals surface area contributed by atoms with E-state index in [1.54, 1.807) is 45.0 Å². The fraction of sp³-hybridized carbons (Fsp3) is 0.261. The Kier molecular flexibility index (Phi) is 6.05. The van der Waals surface area contributed by atoms with Gasteiger partial charge in [-0.25, -0.2) is 19.7 Å². The van der Waals surface area contributed by atoms with E-state index in [2.05, 4.69) is 30.0 Å². The Morgan fingerprint density at radius 2 is 1.51 bits per heavy atom. The standard InChI is InChI=1S/C23H20F3N5O4/c1-10-8-11(2)17-13(9-10)19(35-20(32)23(24,25)26)30-22(28-17)31-21-27-12(3)16-14(33-4)6-7-15(34-5)18(16)29-21/h6-9H,1-5H3,(H,27,28,29,30,31). The minimum absolute atomic E-state index is 0.0544. The van der Waals surface area contributed by atoms with Crippen molar-refractivity contribution in [3.8, 4) is 17.4 Å². The van der Waals surface area contributed by atoms with Crippen molar-refractivity contribution in [2.45, 2.75) is 26.9 Å². The lowest BCUT2D eigenvalue weighted by Crippen LogP contribution is -2.28. The molecule has 35 heavy (non-hydrogen) atoms. The zero-order chi connectivity index (χ0) is 25.5. The van der Waals surface area contributed by atoms with Crippen LogP contribution in [0.5, 0.6) is 17.4 Å². The topological polar surface area (TPSA) is 108 Å². The SMILES string of the molecule is COc1ccc(OC)c2c(C)nc(Nc3nc(OC(=O)C(F)(F)F)c4cc(C)cc(C)c4n3)nc12. The number of anilines is 2. The minimum atomic E-state index is -5.20. The Morgan fingerprint density at radius 3 is 2.17 bits per heavy atom. The van der Waals surface area contributed by atoms with Gasteiger partial charge in [-0.1, -0.05) is 6.07 Å². The molecule has 0 spiro atoms. The van der Waals surface area contributed by atoms with E-state index >= 15 is 0 Å². The summed E-state index contributed by atoms with van der Waals surface area (Å²) >= 11 is 0. The molecule has 0 saturated carbocycles. The summed E-state index contributed by atoms with van der Waals surface area (Å²) in [4.78, 5) is 28.8. The number of nitrogens with zero attached hydrogens (tertiary/aromatic N) is 4. The van der Waals surface area contributed by atoms with Crippen molar-refractivity contribution >= 4 is 39.7 Å². The molecule has 12 heteroatoms. The predicted octanol–water partition coefficient (Wildman–Crippen LogP) is 4.73. The second kappa shape index (κ2) is 8.85. The summed E-state index contributed by atoms with van der Waals surface area (Å²) in [7, 11) is 3.01. The first-order chi connectivity index (χ1) is 16.5. The number of alkyl halides is 3. The van der Waals surface area contributed by atoms with Crippen LogP contribution in [0.15, 0.2) is 24.3 Å². The summed E-state index contributed by atoms with van der Waals surface area (Å²) < 4.78 is 54.1. The molecule has 2 aromatic heterocycles. The first-order valence-corrected chi connectivity index (χ1v) is 10.3. The highest BCUT2D eigenvalue weighted by molar-refractivity contribution is 5.93. The number of hydrogen-bond donors (Lipinski definition) is 1. The zero-order valence-electron chi connectivity index (χ0n) is 19.4. The highest BCUT2D eigenvalue weighted by atomic mass is 19.4. The van der Waals surface area contributed by atoms with Gasteiger partial charge in [0.25, 0.3) is 0 Å². The van der Waals surface area contributed by atoms with E-state index in [1.165, 1.54) is 14.2 Å². The van der Waals surface area contributed by atoms with Crippen molar-refractivity contribution in [3.05, 3.63) is 41.1 Å². The van der Waals surface area contributed by atoms with Gasteiger partial charge in [-0.2, -0.15) is 18.2 Å². The van der Waals surface area contributed by atoms with Crippen LogP contribution in [0.3, 0.4) is 0 Å². The third-order valence-electron chi connectivity index (χ3n) is 5.14. The fourth-order valence-electron chi connectivity index (χ4n) is 3.69. The Balaban J connectivity index is 1.85. The number of fused-ring (bicyclic) bond motifs is 2. The van der Waals surface area contributed by atoms with Crippen LogP contribution in [0, 0.1) is 20.8 Å². The number of rotatable bonds is 5. The van der Waals surface area contributed by atoms with E-state index in [9.17, 15) is 18.0 Å². The van der Waals surface area contributed by atoms with Crippen molar-refractivity contribution in [1.29, 1.82) is 0 Å². The summed E-state index contributed by atoms with van der Waals surface area (Å²) in [6, 6.07) is 6.74. The van der Waals surface area contributed by atoms with Crippen molar-refractivity contribution in [3.63, 3.8) is 0 Å². The molecular weight excluding hydrogens is 467 g/mol. The molecular formula is C23H20F3N5O4. The molecule has 4 aromatic rings. The lowest BCUT2D eigenvalue weighted by atomic mass is 10.1. The molecule has 0 unspecified atom stereocenters. The van der Waals surface area contributed by atoms with E-state index in [-0.39, 0.29) is 17.3 Å². The molecule has 0 fully saturated rings. The van der Waals surface area contributed by atoms with E-state index in [4.69, 9.17) is 9.47 Å². The van der Waals surface area contributed by atoms with Gasteiger partial charge in [0.1, 0.15) is 17.0 Å². The maximum atomic E-state index is 12.9. The Hall–Kier alpha value is -4.22. The van der Waals surface area contributed by atoms with Gasteiger partial charge in [0.15, 0.2) is 0 Å². The molecule has 0 radical (unpaired) electrons. The highest BCUT2D eigenvalue weighted by Gasteiger charge is 2.42. The summed E-state index contributed by atoms with van der Waals surface area (Å²) in [5.74, 6) is -2.03. The Bertz CT molecular complexity index is 1470. The van der Waals surface area contributed by atoms with Crippen LogP contribution >= 0.6 is 0 Å². The molecule has 0 saturated heterocycles. The van der Waals surface area contributed by atoms with Crippen LogP contribution in [0.2, 0.25) is 0 Å². The Labute approximate surface area is 197 Å². The molecule has 0 aliphatic heterocycles. The maximum Gasteiger partial charge on any atom is 0.491 e. The average molecular weight is 487 g/mol. The second-order valence-corrected chi connectivity index (χ2v) is 7.67. The van der Waals surface area contributed by atoms with Crippen LogP contribution in [-0.2, 0) is 4.79 Å². The number of halogens is 3. The van der Waals surface area contributed by atoms with Crippen LogP contribution in [0.4, 0.5) is 25.1 Å². The number of aryl methyl sites for hydroxylation is 3. The quantitative estimate of drug-likeness (QED) is 0.400. The minimum Gasteiger partial charge on any atom is -0.496 e. The normalized spacial score (nSPS) is 11.5. The van der Waals surface area contributed by atoms with Gasteiger partial charge in [-0.3, -0.25) is 5.32 Å². The molecule has 2 heterocycles. The first-order valence-electron chi connectivity index (χ1n) is 10.3. The van der Waals surface area contributed by atoms with Crippen LogP contribution < -0.4 is 19.5 Å². The number of aromatic nitrogens is 4. The van der Waals surface area contributed by atoms with Crippen molar-refractivity contribution in [2.24, 2.45) is 0 Å². The van der Waals surface area contributed by atoms with Crippen molar-refractivity contribution in [1.82, 2.24) is 19.9 Å². The Morgan fingerprint density at radius 1 is 0.886 bits per heavy atom. The molecule has 2 aromatic carbocycles. The number of hydrogen-bond acceptors (Lipinski definition) is 9. The van der Waals surface area contributed by atoms with Crippen molar-refractivity contribution in [2.75, 3.05) is 19.5 Å². The van der Waals surface area contributed by atoms with Gasteiger partial charge in [0.05, 0.1) is 36.2 Å². The highest BCUT2D eigenvalue weighted by Crippen LogP contribution is 2.35. The maximum absolute atomic E-state index is 12.9. The average Bonchev–Trinajstić information content (AvgIpc) is 2.78. The smallest absolute Gasteiger partial charge is 0.491 e. The number of methoxy groups -OCH3 is 2. The number of carbonyl (C=O) groups excluding carboxylic acids is 1. The number of carbonyl (C=O) groups is 1. The molecule has 1 N–H and O–H groups in total. The van der Waals surface area contributed by atoms with Crippen LogP contribution in [0.1, 0.15) is 16.8 Å². The third kappa shape index (κ3) is 4.59. The largest absolute Gasteiger partial charge is 0.496 e. The summed E-state index contributed by atoms with van der Waals surface area (Å²) in [6.07, 6.45) is -5.20. The molecule has 0 aliphatic carbocycles. The third-order valence-corrected chi connectivity index (χ3v) is 5.14. The summed E-state index contributed by atoms with van der Waals surface area (Å²) in [5, 5.41) is 3.59. The van der Waals surface area contributed by atoms with Gasteiger partial charge in [0.2, 0.25) is 17.8 Å². The van der Waals surface area contributed by atoms with E-state index < -0.39 is 18.0 Å². The monoisotopic (exact) mass is 487 g/mol. The summed E-state index contributed by atoms with van der Waals surface area (Å²) in [5.41, 5.74) is 2.67. The number of benzene rings is 2. The van der Waals surface area contributed by atoms with Gasteiger partial charge < -0.3 is 14.2 Å². The molecule has 0 aliphatic rings. The second-order valence-electron chi connectivity index (χ2n) is 7.67. The fourth-order valence-corrected chi connectivity index (χ4v) is 3.69. The molecule has 4 rings (SSSR count). The predicted molar refractivity (Wildman–Crippen MR) is 121 cm³/mol. The molecule has 9 nitrogen and oxygen atoms in total. The summed E-state index contributed by atoms with van der Waals surface area (Å²) in [6.45, 7) is 5.22. The van der Waals surface area contributed by atoms with Crippen molar-refractivity contribution < 1.29 is 32.2 Å². The number of nitrogens with one attached hydrogen (secondary N) is 1. The molecule has 0 atom stereocenters. The zero-order valence-corrected chi connectivity index (χ0v) is 19.4. The lowest BCUT2D eigenvalue weighted by molar-refractivity contribution is -0.189.